The molecular formula is C16H17BrFN. The predicted molar refractivity (Wildman–Crippen MR) is 80.8 cm³/mol. The van der Waals surface area contributed by atoms with Gasteiger partial charge in [0.25, 0.3) is 0 Å². The van der Waals surface area contributed by atoms with Crippen molar-refractivity contribution >= 4 is 15.9 Å². The molecule has 0 amide bonds. The summed E-state index contributed by atoms with van der Waals surface area (Å²) < 4.78 is 13.8. The van der Waals surface area contributed by atoms with E-state index in [-0.39, 0.29) is 11.9 Å². The summed E-state index contributed by atoms with van der Waals surface area (Å²) in [7, 11) is 1.91. The van der Waals surface area contributed by atoms with Crippen LogP contribution in [0.25, 0.3) is 0 Å². The number of hydrogen-bond donors (Lipinski definition) is 1. The zero-order chi connectivity index (χ0) is 13.8. The second-order valence-corrected chi connectivity index (χ2v) is 5.34. The van der Waals surface area contributed by atoms with Crippen LogP contribution in [-0.4, -0.2) is 7.05 Å². The van der Waals surface area contributed by atoms with Crippen molar-refractivity contribution in [2.45, 2.75) is 19.4 Å². The molecule has 0 bridgehead atoms. The fourth-order valence-corrected chi connectivity index (χ4v) is 2.56. The molecule has 0 saturated heterocycles. The van der Waals surface area contributed by atoms with Crippen LogP contribution in [0.1, 0.15) is 29.7 Å². The fourth-order valence-electron chi connectivity index (χ4n) is 2.16. The first-order valence-corrected chi connectivity index (χ1v) is 7.16. The Bertz CT molecular complexity index is 551. The van der Waals surface area contributed by atoms with Gasteiger partial charge >= 0.3 is 0 Å². The second-order valence-electron chi connectivity index (χ2n) is 4.49. The number of halogens is 2. The molecule has 2 aromatic carbocycles. The van der Waals surface area contributed by atoms with E-state index in [1.807, 2.05) is 19.2 Å². The van der Waals surface area contributed by atoms with E-state index in [1.54, 1.807) is 0 Å². The van der Waals surface area contributed by atoms with Gasteiger partial charge in [0.15, 0.2) is 0 Å². The third-order valence-corrected chi connectivity index (χ3v) is 3.89. The van der Waals surface area contributed by atoms with Crippen LogP contribution in [0.4, 0.5) is 4.39 Å². The standard InChI is InChI=1S/C16H17BrFN/c1-3-11-4-6-12(7-5-11)16(19-2)13-8-9-15(18)14(17)10-13/h4-10,16,19H,3H2,1-2H3. The minimum atomic E-state index is -0.236. The van der Waals surface area contributed by atoms with E-state index < -0.39 is 0 Å². The van der Waals surface area contributed by atoms with E-state index in [4.69, 9.17) is 0 Å². The van der Waals surface area contributed by atoms with Crippen molar-refractivity contribution in [1.29, 1.82) is 0 Å². The Balaban J connectivity index is 2.34. The molecule has 3 heteroatoms. The van der Waals surface area contributed by atoms with Gasteiger partial charge in [-0.15, -0.1) is 0 Å². The molecule has 2 aromatic rings. The molecule has 1 atom stereocenters. The molecule has 0 spiro atoms. The maximum Gasteiger partial charge on any atom is 0.137 e. The molecule has 100 valence electrons. The molecule has 0 aliphatic rings. The summed E-state index contributed by atoms with van der Waals surface area (Å²) >= 11 is 3.24. The lowest BCUT2D eigenvalue weighted by molar-refractivity contribution is 0.616. The van der Waals surface area contributed by atoms with Gasteiger partial charge in [-0.3, -0.25) is 0 Å². The smallest absolute Gasteiger partial charge is 0.137 e. The van der Waals surface area contributed by atoms with Gasteiger partial charge < -0.3 is 5.32 Å². The third kappa shape index (κ3) is 3.23. The lowest BCUT2D eigenvalue weighted by Crippen LogP contribution is -2.17. The average Bonchev–Trinajstić information content (AvgIpc) is 2.44. The molecule has 0 saturated carbocycles. The molecule has 0 radical (unpaired) electrons. The fraction of sp³-hybridized carbons (Fsp3) is 0.250. The van der Waals surface area contributed by atoms with Crippen molar-refractivity contribution < 1.29 is 4.39 Å². The molecule has 0 heterocycles. The summed E-state index contributed by atoms with van der Waals surface area (Å²) in [5.41, 5.74) is 3.54. The van der Waals surface area contributed by atoms with Crippen molar-refractivity contribution in [3.05, 3.63) is 69.4 Å². The average molecular weight is 322 g/mol. The Morgan fingerprint density at radius 2 is 1.74 bits per heavy atom. The van der Waals surface area contributed by atoms with Gasteiger partial charge in [-0.2, -0.15) is 0 Å². The summed E-state index contributed by atoms with van der Waals surface area (Å²) in [6, 6.07) is 13.7. The number of rotatable bonds is 4. The summed E-state index contributed by atoms with van der Waals surface area (Å²) in [6.45, 7) is 2.14. The minimum absolute atomic E-state index is 0.0720. The third-order valence-electron chi connectivity index (χ3n) is 3.29. The summed E-state index contributed by atoms with van der Waals surface area (Å²) in [5.74, 6) is -0.236. The maximum atomic E-state index is 13.3. The highest BCUT2D eigenvalue weighted by molar-refractivity contribution is 9.10. The quantitative estimate of drug-likeness (QED) is 0.876. The summed E-state index contributed by atoms with van der Waals surface area (Å²) in [6.07, 6.45) is 1.03. The number of hydrogen-bond acceptors (Lipinski definition) is 1. The Kier molecular flexibility index (Phi) is 4.72. The van der Waals surface area contributed by atoms with Gasteiger partial charge in [0.05, 0.1) is 10.5 Å². The molecule has 1 N–H and O–H groups in total. The van der Waals surface area contributed by atoms with Crippen LogP contribution in [0, 0.1) is 5.82 Å². The van der Waals surface area contributed by atoms with E-state index in [2.05, 4.69) is 52.4 Å². The normalized spacial score (nSPS) is 12.4. The highest BCUT2D eigenvalue weighted by Crippen LogP contribution is 2.26. The van der Waals surface area contributed by atoms with Crippen LogP contribution >= 0.6 is 15.9 Å². The maximum absolute atomic E-state index is 13.3. The molecule has 2 rings (SSSR count). The van der Waals surface area contributed by atoms with Gasteiger partial charge in [0.2, 0.25) is 0 Å². The highest BCUT2D eigenvalue weighted by Gasteiger charge is 2.13. The summed E-state index contributed by atoms with van der Waals surface area (Å²) in [4.78, 5) is 0. The van der Waals surface area contributed by atoms with Gasteiger partial charge in [-0.25, -0.2) is 4.39 Å². The minimum Gasteiger partial charge on any atom is -0.309 e. The Hall–Kier alpha value is -1.19. The van der Waals surface area contributed by atoms with Crippen molar-refractivity contribution in [2.24, 2.45) is 0 Å². The van der Waals surface area contributed by atoms with Crippen LogP contribution < -0.4 is 5.32 Å². The number of aryl methyl sites for hydroxylation is 1. The van der Waals surface area contributed by atoms with Gasteiger partial charge in [0, 0.05) is 0 Å². The topological polar surface area (TPSA) is 12.0 Å². The monoisotopic (exact) mass is 321 g/mol. The predicted octanol–water partition coefficient (Wildman–Crippen LogP) is 4.46. The summed E-state index contributed by atoms with van der Waals surface area (Å²) in [5, 5.41) is 3.28. The van der Waals surface area contributed by atoms with E-state index >= 15 is 0 Å². The van der Waals surface area contributed by atoms with Crippen LogP contribution in [-0.2, 0) is 6.42 Å². The molecule has 0 aliphatic heterocycles. The van der Waals surface area contributed by atoms with Crippen molar-refractivity contribution in [1.82, 2.24) is 5.32 Å². The molecule has 19 heavy (non-hydrogen) atoms. The Labute approximate surface area is 122 Å². The zero-order valence-electron chi connectivity index (χ0n) is 11.1. The van der Waals surface area contributed by atoms with Gasteiger partial charge in [-0.1, -0.05) is 37.3 Å². The lowest BCUT2D eigenvalue weighted by atomic mass is 9.97. The Morgan fingerprint density at radius 3 is 2.26 bits per heavy atom. The zero-order valence-corrected chi connectivity index (χ0v) is 12.7. The van der Waals surface area contributed by atoms with Gasteiger partial charge in [-0.05, 0) is 58.2 Å². The number of benzene rings is 2. The first kappa shape index (κ1) is 14.2. The Morgan fingerprint density at radius 1 is 1.11 bits per heavy atom. The van der Waals surface area contributed by atoms with Gasteiger partial charge in [0.1, 0.15) is 5.82 Å². The highest BCUT2D eigenvalue weighted by atomic mass is 79.9. The largest absolute Gasteiger partial charge is 0.309 e. The molecule has 0 aliphatic carbocycles. The van der Waals surface area contributed by atoms with Crippen LogP contribution in [0.2, 0.25) is 0 Å². The van der Waals surface area contributed by atoms with Crippen molar-refractivity contribution in [3.8, 4) is 0 Å². The van der Waals surface area contributed by atoms with E-state index in [1.165, 1.54) is 17.2 Å². The van der Waals surface area contributed by atoms with Crippen molar-refractivity contribution in [2.75, 3.05) is 7.05 Å². The van der Waals surface area contributed by atoms with Crippen LogP contribution in [0.15, 0.2) is 46.9 Å². The molecule has 1 unspecified atom stereocenters. The second kappa shape index (κ2) is 6.31. The lowest BCUT2D eigenvalue weighted by Gasteiger charge is -2.18. The van der Waals surface area contributed by atoms with E-state index in [0.29, 0.717) is 4.47 Å². The molecule has 0 fully saturated rings. The first-order chi connectivity index (χ1) is 9.15. The van der Waals surface area contributed by atoms with Crippen LogP contribution in [0.5, 0.6) is 0 Å². The SMILES string of the molecule is CCc1ccc(C(NC)c2ccc(F)c(Br)c2)cc1. The molecule has 0 aromatic heterocycles. The molecular weight excluding hydrogens is 305 g/mol. The first-order valence-electron chi connectivity index (χ1n) is 6.36. The molecule has 1 nitrogen and oxygen atoms in total. The van der Waals surface area contributed by atoms with E-state index in [0.717, 1.165) is 12.0 Å². The number of nitrogens with one attached hydrogen (secondary N) is 1. The van der Waals surface area contributed by atoms with Crippen LogP contribution in [0.3, 0.4) is 0 Å². The van der Waals surface area contributed by atoms with Crippen molar-refractivity contribution in [3.63, 3.8) is 0 Å². The van der Waals surface area contributed by atoms with E-state index in [9.17, 15) is 4.39 Å².